The van der Waals surface area contributed by atoms with Crippen LogP contribution in [0.2, 0.25) is 0 Å². The SMILES string of the molecule is CCN(C)CCNc1ccc(C(=O)O)c([N+](=O)[O-])c1. The monoisotopic (exact) mass is 267 g/mol. The van der Waals surface area contributed by atoms with Crippen molar-refractivity contribution in [2.75, 3.05) is 32.0 Å². The Morgan fingerprint density at radius 1 is 1.53 bits per heavy atom. The third kappa shape index (κ3) is 4.22. The molecule has 104 valence electrons. The van der Waals surface area contributed by atoms with Gasteiger partial charge in [-0.05, 0) is 25.7 Å². The zero-order valence-corrected chi connectivity index (χ0v) is 10.9. The van der Waals surface area contributed by atoms with E-state index in [0.717, 1.165) is 13.1 Å². The number of carboxylic acid groups (broad SMARTS) is 1. The summed E-state index contributed by atoms with van der Waals surface area (Å²) in [5.41, 5.74) is -0.163. The van der Waals surface area contributed by atoms with Gasteiger partial charge in [-0.3, -0.25) is 10.1 Å². The van der Waals surface area contributed by atoms with Crippen molar-refractivity contribution in [1.82, 2.24) is 4.90 Å². The highest BCUT2D eigenvalue weighted by molar-refractivity contribution is 5.93. The van der Waals surface area contributed by atoms with E-state index in [9.17, 15) is 14.9 Å². The molecule has 0 heterocycles. The number of carboxylic acids is 1. The molecule has 0 saturated carbocycles. The molecule has 0 bridgehead atoms. The molecule has 0 amide bonds. The van der Waals surface area contributed by atoms with E-state index in [1.54, 1.807) is 0 Å². The largest absolute Gasteiger partial charge is 0.477 e. The van der Waals surface area contributed by atoms with Gasteiger partial charge in [0.25, 0.3) is 5.69 Å². The first-order chi connectivity index (χ1) is 8.95. The molecular weight excluding hydrogens is 250 g/mol. The van der Waals surface area contributed by atoms with Crippen molar-refractivity contribution in [2.45, 2.75) is 6.92 Å². The summed E-state index contributed by atoms with van der Waals surface area (Å²) in [4.78, 5) is 23.1. The Balaban J connectivity index is 2.79. The van der Waals surface area contributed by atoms with E-state index in [2.05, 4.69) is 10.2 Å². The molecule has 7 nitrogen and oxygen atoms in total. The van der Waals surface area contributed by atoms with Crippen LogP contribution in [-0.4, -0.2) is 47.6 Å². The van der Waals surface area contributed by atoms with Gasteiger partial charge in [0.1, 0.15) is 5.56 Å². The number of nitro groups is 1. The third-order valence-corrected chi connectivity index (χ3v) is 2.79. The fraction of sp³-hybridized carbons (Fsp3) is 0.417. The van der Waals surface area contributed by atoms with Crippen LogP contribution in [0.4, 0.5) is 11.4 Å². The summed E-state index contributed by atoms with van der Waals surface area (Å²) in [7, 11) is 1.97. The van der Waals surface area contributed by atoms with Gasteiger partial charge >= 0.3 is 5.97 Å². The average molecular weight is 267 g/mol. The number of rotatable bonds is 7. The normalized spacial score (nSPS) is 10.5. The van der Waals surface area contributed by atoms with Gasteiger partial charge in [-0.2, -0.15) is 0 Å². The molecule has 19 heavy (non-hydrogen) atoms. The van der Waals surface area contributed by atoms with Gasteiger partial charge in [-0.15, -0.1) is 0 Å². The van der Waals surface area contributed by atoms with Crippen LogP contribution in [0, 0.1) is 10.1 Å². The maximum absolute atomic E-state index is 10.8. The summed E-state index contributed by atoms with van der Waals surface area (Å²) in [5.74, 6) is -1.30. The number of nitrogens with zero attached hydrogens (tertiary/aromatic N) is 2. The lowest BCUT2D eigenvalue weighted by atomic mass is 10.1. The summed E-state index contributed by atoms with van der Waals surface area (Å²) < 4.78 is 0. The van der Waals surface area contributed by atoms with Crippen molar-refractivity contribution in [1.29, 1.82) is 0 Å². The topological polar surface area (TPSA) is 95.7 Å². The van der Waals surface area contributed by atoms with Gasteiger partial charge in [-0.1, -0.05) is 6.92 Å². The van der Waals surface area contributed by atoms with Gasteiger partial charge in [0.2, 0.25) is 0 Å². The summed E-state index contributed by atoms with van der Waals surface area (Å²) in [5, 5.41) is 22.7. The number of likely N-dealkylation sites (N-methyl/N-ethyl adjacent to an activating group) is 1. The number of hydrogen-bond donors (Lipinski definition) is 2. The quantitative estimate of drug-likeness (QED) is 0.576. The Morgan fingerprint density at radius 3 is 2.74 bits per heavy atom. The Bertz CT molecular complexity index is 476. The number of nitro benzene ring substituents is 1. The highest BCUT2D eigenvalue weighted by atomic mass is 16.6. The summed E-state index contributed by atoms with van der Waals surface area (Å²) in [6.45, 7) is 4.38. The van der Waals surface area contributed by atoms with E-state index in [4.69, 9.17) is 5.11 Å². The second-order valence-electron chi connectivity index (χ2n) is 4.12. The fourth-order valence-electron chi connectivity index (χ4n) is 1.52. The molecule has 1 rings (SSSR count). The minimum atomic E-state index is -1.30. The second kappa shape index (κ2) is 6.69. The third-order valence-electron chi connectivity index (χ3n) is 2.79. The smallest absolute Gasteiger partial charge is 0.342 e. The van der Waals surface area contributed by atoms with E-state index in [0.29, 0.717) is 12.2 Å². The standard InChI is InChI=1S/C12H17N3O4/c1-3-14(2)7-6-13-9-4-5-10(12(16)17)11(8-9)15(18)19/h4-5,8,13H,3,6-7H2,1-2H3,(H,16,17). The molecule has 2 N–H and O–H groups in total. The number of nitrogens with one attached hydrogen (secondary N) is 1. The molecule has 1 aromatic rings. The summed E-state index contributed by atoms with van der Waals surface area (Å²) >= 11 is 0. The predicted octanol–water partition coefficient (Wildman–Crippen LogP) is 1.66. The molecule has 0 fully saturated rings. The molecule has 0 unspecified atom stereocenters. The predicted molar refractivity (Wildman–Crippen MR) is 71.7 cm³/mol. The molecular formula is C12H17N3O4. The number of aromatic carboxylic acids is 1. The maximum Gasteiger partial charge on any atom is 0.342 e. The number of hydrogen-bond acceptors (Lipinski definition) is 5. The van der Waals surface area contributed by atoms with Crippen molar-refractivity contribution in [3.05, 3.63) is 33.9 Å². The molecule has 0 spiro atoms. The lowest BCUT2D eigenvalue weighted by Gasteiger charge is -2.14. The van der Waals surface area contributed by atoms with Crippen molar-refractivity contribution in [2.24, 2.45) is 0 Å². The lowest BCUT2D eigenvalue weighted by Crippen LogP contribution is -2.24. The van der Waals surface area contributed by atoms with E-state index >= 15 is 0 Å². The van der Waals surface area contributed by atoms with E-state index in [-0.39, 0.29) is 5.56 Å². The average Bonchev–Trinajstić information content (AvgIpc) is 2.38. The van der Waals surface area contributed by atoms with Crippen LogP contribution in [0.1, 0.15) is 17.3 Å². The Labute approximate surface area is 111 Å². The molecule has 1 aromatic carbocycles. The van der Waals surface area contributed by atoms with Crippen LogP contribution >= 0.6 is 0 Å². The van der Waals surface area contributed by atoms with Gasteiger partial charge < -0.3 is 15.3 Å². The Kier molecular flexibility index (Phi) is 5.25. The molecule has 0 aliphatic carbocycles. The zero-order valence-electron chi connectivity index (χ0n) is 10.9. The lowest BCUT2D eigenvalue weighted by molar-refractivity contribution is -0.385. The van der Waals surface area contributed by atoms with Crippen molar-refractivity contribution >= 4 is 17.3 Å². The van der Waals surface area contributed by atoms with E-state index in [1.165, 1.54) is 18.2 Å². The van der Waals surface area contributed by atoms with E-state index in [1.807, 2.05) is 14.0 Å². The first-order valence-electron chi connectivity index (χ1n) is 5.89. The van der Waals surface area contributed by atoms with Crippen LogP contribution in [0.5, 0.6) is 0 Å². The van der Waals surface area contributed by atoms with Crippen LogP contribution in [0.3, 0.4) is 0 Å². The first kappa shape index (κ1) is 14.9. The number of anilines is 1. The molecule has 0 saturated heterocycles. The van der Waals surface area contributed by atoms with Gasteiger partial charge in [0, 0.05) is 24.8 Å². The summed E-state index contributed by atoms with van der Waals surface area (Å²) in [6, 6.07) is 4.02. The molecule has 0 atom stereocenters. The molecule has 7 heteroatoms. The molecule has 0 radical (unpaired) electrons. The van der Waals surface area contributed by atoms with Crippen molar-refractivity contribution in [3.8, 4) is 0 Å². The highest BCUT2D eigenvalue weighted by Gasteiger charge is 2.19. The number of carbonyl (C=O) groups is 1. The minimum Gasteiger partial charge on any atom is -0.477 e. The van der Waals surface area contributed by atoms with Crippen LogP contribution in [0.25, 0.3) is 0 Å². The van der Waals surface area contributed by atoms with E-state index < -0.39 is 16.6 Å². The second-order valence-corrected chi connectivity index (χ2v) is 4.12. The van der Waals surface area contributed by atoms with Crippen LogP contribution in [-0.2, 0) is 0 Å². The molecule has 0 aliphatic heterocycles. The van der Waals surface area contributed by atoms with Crippen LogP contribution < -0.4 is 5.32 Å². The highest BCUT2D eigenvalue weighted by Crippen LogP contribution is 2.23. The van der Waals surface area contributed by atoms with Gasteiger partial charge in [0.15, 0.2) is 0 Å². The van der Waals surface area contributed by atoms with Gasteiger partial charge in [0.05, 0.1) is 4.92 Å². The maximum atomic E-state index is 10.8. The molecule has 0 aliphatic rings. The minimum absolute atomic E-state index is 0.304. The van der Waals surface area contributed by atoms with Crippen molar-refractivity contribution in [3.63, 3.8) is 0 Å². The fourth-order valence-corrected chi connectivity index (χ4v) is 1.52. The van der Waals surface area contributed by atoms with Gasteiger partial charge in [-0.25, -0.2) is 4.79 Å². The first-order valence-corrected chi connectivity index (χ1v) is 5.89. The Morgan fingerprint density at radius 2 is 2.21 bits per heavy atom. The Hall–Kier alpha value is -2.15. The zero-order chi connectivity index (χ0) is 14.4. The van der Waals surface area contributed by atoms with Crippen molar-refractivity contribution < 1.29 is 14.8 Å². The molecule has 0 aromatic heterocycles. The summed E-state index contributed by atoms with van der Waals surface area (Å²) in [6.07, 6.45) is 0. The number of benzene rings is 1. The van der Waals surface area contributed by atoms with Crippen LogP contribution in [0.15, 0.2) is 18.2 Å².